The van der Waals surface area contributed by atoms with E-state index in [1.165, 1.54) is 24.3 Å². The first-order valence-corrected chi connectivity index (χ1v) is 4.14. The predicted molar refractivity (Wildman–Crippen MR) is 47.4 cm³/mol. The van der Waals surface area contributed by atoms with Crippen LogP contribution in [0.1, 0.15) is 5.56 Å². The van der Waals surface area contributed by atoms with Gasteiger partial charge in [-0.3, -0.25) is 0 Å². The summed E-state index contributed by atoms with van der Waals surface area (Å²) in [6, 6.07) is 0. The number of nitrogens with two attached hydrogens (primary N) is 1. The molecule has 0 aliphatic rings. The Hall–Kier alpha value is -1.10. The lowest BCUT2D eigenvalue weighted by atomic mass is 10.3. The minimum atomic E-state index is 0.142. The van der Waals surface area contributed by atoms with Crippen LogP contribution in [0.4, 0.5) is 5.82 Å². The highest BCUT2D eigenvalue weighted by Gasteiger charge is 1.97. The molecule has 0 saturated heterocycles. The van der Waals surface area contributed by atoms with Crippen LogP contribution >= 0.6 is 11.8 Å². The number of aromatic nitrogens is 2. The second kappa shape index (κ2) is 3.34. The minimum Gasteiger partial charge on any atom is -0.797 e. The van der Waals surface area contributed by atoms with E-state index in [0.717, 1.165) is 0 Å². The van der Waals surface area contributed by atoms with Gasteiger partial charge in [-0.15, -0.1) is 5.04 Å². The van der Waals surface area contributed by atoms with Gasteiger partial charge in [0.05, 0.1) is 0 Å². The molecule has 11 heavy (non-hydrogen) atoms. The summed E-state index contributed by atoms with van der Waals surface area (Å²) in [5.74, 6) is 0.298. The van der Waals surface area contributed by atoms with Gasteiger partial charge < -0.3 is 11.1 Å². The molecule has 0 atom stereocenters. The summed E-state index contributed by atoms with van der Waals surface area (Å²) in [5, 5.41) is 9.37. The molecule has 0 unspecified atom stereocenters. The minimum absolute atomic E-state index is 0.142. The van der Waals surface area contributed by atoms with Crippen molar-refractivity contribution in [2.45, 2.75) is 0 Å². The Kier molecular flexibility index (Phi) is 2.43. The Morgan fingerprint density at radius 2 is 2.45 bits per heavy atom. The Morgan fingerprint density at radius 1 is 1.73 bits per heavy atom. The lowest BCUT2D eigenvalue weighted by molar-refractivity contribution is 1.17. The molecule has 0 aliphatic carbocycles. The Labute approximate surface area is 68.7 Å². The van der Waals surface area contributed by atoms with E-state index in [1.54, 1.807) is 6.26 Å². The molecule has 5 heteroatoms. The van der Waals surface area contributed by atoms with Gasteiger partial charge in [0.1, 0.15) is 12.1 Å². The van der Waals surface area contributed by atoms with Crippen molar-refractivity contribution in [3.63, 3.8) is 0 Å². The summed E-state index contributed by atoms with van der Waals surface area (Å²) >= 11 is 1.20. The summed E-state index contributed by atoms with van der Waals surface area (Å²) in [4.78, 5) is 7.45. The van der Waals surface area contributed by atoms with Crippen LogP contribution in [0.2, 0.25) is 0 Å². The molecule has 58 valence electrons. The molecule has 1 heterocycles. The third-order valence-corrected chi connectivity index (χ3v) is 1.77. The van der Waals surface area contributed by atoms with Crippen LogP contribution in [-0.4, -0.2) is 21.3 Å². The van der Waals surface area contributed by atoms with Gasteiger partial charge in [-0.05, 0) is 6.26 Å². The summed E-state index contributed by atoms with van der Waals surface area (Å²) in [5.41, 5.74) is 5.94. The molecule has 0 fully saturated rings. The zero-order valence-electron chi connectivity index (χ0n) is 5.98. The quantitative estimate of drug-likeness (QED) is 0.494. The summed E-state index contributed by atoms with van der Waals surface area (Å²) in [6.45, 7) is 0. The van der Waals surface area contributed by atoms with Gasteiger partial charge in [-0.25, -0.2) is 9.97 Å². The zero-order valence-corrected chi connectivity index (χ0v) is 6.80. The van der Waals surface area contributed by atoms with Gasteiger partial charge in [0.15, 0.2) is 0 Å². The van der Waals surface area contributed by atoms with Crippen LogP contribution in [0.3, 0.4) is 0 Å². The Morgan fingerprint density at radius 3 is 3.00 bits per heavy atom. The average Bonchev–Trinajstić information content (AvgIpc) is 2.04. The zero-order chi connectivity index (χ0) is 8.27. The maximum atomic E-state index is 9.23. The van der Waals surface area contributed by atoms with Gasteiger partial charge in [0.2, 0.25) is 0 Å². The van der Waals surface area contributed by atoms with Crippen LogP contribution in [0.15, 0.2) is 12.5 Å². The van der Waals surface area contributed by atoms with Crippen LogP contribution in [0, 0.1) is 0 Å². The largest absolute Gasteiger partial charge is 0.797 e. The number of thioether (sulfide) groups is 1. The third kappa shape index (κ3) is 1.68. The molecule has 2 N–H and O–H groups in total. The Balaban J connectivity index is 3.03. The van der Waals surface area contributed by atoms with Gasteiger partial charge in [0, 0.05) is 11.8 Å². The monoisotopic (exact) mass is 167 g/mol. The first-order chi connectivity index (χ1) is 5.25. The van der Waals surface area contributed by atoms with E-state index >= 15 is 0 Å². The SMILES string of the molecule is CSC(=[N-])c1cncnc1N. The lowest BCUT2D eigenvalue weighted by Gasteiger charge is -2.09. The Bertz CT molecular complexity index is 273. The standard InChI is InChI=1S/C6H7N4S/c1-11-6(8)4-2-9-3-10-5(4)7/h2-3H,1H3,(H2,7,9,10)/q-1. The molecule has 0 radical (unpaired) electrons. The summed E-state index contributed by atoms with van der Waals surface area (Å²) in [7, 11) is 0. The average molecular weight is 167 g/mol. The number of anilines is 1. The van der Waals surface area contributed by atoms with E-state index in [9.17, 15) is 5.41 Å². The maximum absolute atomic E-state index is 9.23. The second-order valence-electron chi connectivity index (χ2n) is 1.83. The smallest absolute Gasteiger partial charge is 0.133 e. The van der Waals surface area contributed by atoms with Crippen molar-refractivity contribution in [3.8, 4) is 0 Å². The number of nitrogens with zero attached hydrogens (tertiary/aromatic N) is 3. The predicted octanol–water partition coefficient (Wildman–Crippen LogP) is 0.738. The van der Waals surface area contributed by atoms with Gasteiger partial charge in [-0.2, -0.15) is 11.8 Å². The molecule has 0 spiro atoms. The number of rotatable bonds is 1. The number of hydrogen-bond acceptors (Lipinski definition) is 4. The van der Waals surface area contributed by atoms with Crippen molar-refractivity contribution in [2.24, 2.45) is 0 Å². The van der Waals surface area contributed by atoms with E-state index in [0.29, 0.717) is 11.4 Å². The molecule has 0 aliphatic heterocycles. The maximum Gasteiger partial charge on any atom is 0.133 e. The number of hydrogen-bond donors (Lipinski definition) is 1. The van der Waals surface area contributed by atoms with E-state index in [-0.39, 0.29) is 5.04 Å². The van der Waals surface area contributed by atoms with E-state index < -0.39 is 0 Å². The molecule has 1 aromatic rings. The molecule has 0 bridgehead atoms. The third-order valence-electron chi connectivity index (χ3n) is 1.17. The lowest BCUT2D eigenvalue weighted by Crippen LogP contribution is -2.01. The second-order valence-corrected chi connectivity index (χ2v) is 2.63. The van der Waals surface area contributed by atoms with Crippen LogP contribution < -0.4 is 5.73 Å². The summed E-state index contributed by atoms with van der Waals surface area (Å²) < 4.78 is 0. The van der Waals surface area contributed by atoms with Gasteiger partial charge in [0.25, 0.3) is 0 Å². The van der Waals surface area contributed by atoms with E-state index in [1.807, 2.05) is 0 Å². The molecular formula is C6H7N4S-. The van der Waals surface area contributed by atoms with Gasteiger partial charge >= 0.3 is 0 Å². The highest BCUT2D eigenvalue weighted by atomic mass is 32.2. The highest BCUT2D eigenvalue weighted by molar-refractivity contribution is 8.14. The molecule has 4 nitrogen and oxygen atoms in total. The number of nitrogen functional groups attached to an aromatic ring is 1. The van der Waals surface area contributed by atoms with E-state index in [4.69, 9.17) is 5.73 Å². The van der Waals surface area contributed by atoms with Gasteiger partial charge in [-0.1, -0.05) is 0 Å². The van der Waals surface area contributed by atoms with Crippen molar-refractivity contribution in [2.75, 3.05) is 12.0 Å². The van der Waals surface area contributed by atoms with Crippen LogP contribution in [-0.2, 0) is 0 Å². The van der Waals surface area contributed by atoms with Crippen LogP contribution in [0.5, 0.6) is 0 Å². The fourth-order valence-corrected chi connectivity index (χ4v) is 0.991. The van der Waals surface area contributed by atoms with Crippen molar-refractivity contribution in [1.29, 1.82) is 0 Å². The fourth-order valence-electron chi connectivity index (χ4n) is 0.614. The van der Waals surface area contributed by atoms with E-state index in [2.05, 4.69) is 9.97 Å². The molecule has 0 saturated carbocycles. The normalized spacial score (nSPS) is 9.55. The van der Waals surface area contributed by atoms with Crippen molar-refractivity contribution >= 4 is 22.6 Å². The fraction of sp³-hybridized carbons (Fsp3) is 0.167. The molecule has 1 rings (SSSR count). The topological polar surface area (TPSA) is 74.1 Å². The summed E-state index contributed by atoms with van der Waals surface area (Å²) in [6.07, 6.45) is 4.57. The van der Waals surface area contributed by atoms with Crippen molar-refractivity contribution in [1.82, 2.24) is 9.97 Å². The van der Waals surface area contributed by atoms with Crippen LogP contribution in [0.25, 0.3) is 5.41 Å². The molecule has 1 aromatic heterocycles. The first kappa shape index (κ1) is 8.00. The highest BCUT2D eigenvalue weighted by Crippen LogP contribution is 2.12. The molecular weight excluding hydrogens is 160 g/mol. The van der Waals surface area contributed by atoms with Crippen molar-refractivity contribution < 1.29 is 0 Å². The molecule has 0 amide bonds. The first-order valence-electron chi connectivity index (χ1n) is 2.91. The molecule has 0 aromatic carbocycles. The van der Waals surface area contributed by atoms with Crippen molar-refractivity contribution in [3.05, 3.63) is 23.5 Å².